The van der Waals surface area contributed by atoms with Crippen LogP contribution >= 0.6 is 0 Å². The minimum absolute atomic E-state index is 0.0833. The monoisotopic (exact) mass is 241 g/mol. The van der Waals surface area contributed by atoms with Crippen molar-refractivity contribution in [2.75, 3.05) is 13.1 Å². The van der Waals surface area contributed by atoms with E-state index in [0.717, 1.165) is 13.0 Å². The fraction of sp³-hybridized carbons (Fsp3) is 0.857. The van der Waals surface area contributed by atoms with Crippen molar-refractivity contribution in [2.24, 2.45) is 11.3 Å². The first-order chi connectivity index (χ1) is 7.99. The summed E-state index contributed by atoms with van der Waals surface area (Å²) in [6.45, 7) is 5.99. The van der Waals surface area contributed by atoms with Crippen molar-refractivity contribution in [3.05, 3.63) is 11.7 Å². The molecule has 1 atom stereocenters. The Morgan fingerprint density at radius 2 is 2.00 bits per heavy atom. The van der Waals surface area contributed by atoms with Gasteiger partial charge in [0.15, 0.2) is 0 Å². The highest BCUT2D eigenvalue weighted by atomic mass is 19.3. The van der Waals surface area contributed by atoms with Crippen molar-refractivity contribution in [1.82, 2.24) is 4.90 Å². The first-order valence-corrected chi connectivity index (χ1v) is 6.77. The average Bonchev–Trinajstić information content (AvgIpc) is 2.86. The summed E-state index contributed by atoms with van der Waals surface area (Å²) < 4.78 is 25.8. The molecule has 96 valence electrons. The van der Waals surface area contributed by atoms with E-state index in [1.54, 1.807) is 0 Å². The van der Waals surface area contributed by atoms with Crippen LogP contribution in [0.1, 0.15) is 46.0 Å². The van der Waals surface area contributed by atoms with Gasteiger partial charge in [0.05, 0.1) is 0 Å². The highest BCUT2D eigenvalue weighted by Gasteiger charge is 2.67. The molecule has 2 aliphatic heterocycles. The summed E-state index contributed by atoms with van der Waals surface area (Å²) in [5, 5.41) is 0. The Labute approximate surface area is 102 Å². The van der Waals surface area contributed by atoms with Gasteiger partial charge in [0.1, 0.15) is 0 Å². The lowest BCUT2D eigenvalue weighted by Gasteiger charge is -2.39. The van der Waals surface area contributed by atoms with Crippen LogP contribution in [0.5, 0.6) is 0 Å². The molecule has 0 aromatic heterocycles. The van der Waals surface area contributed by atoms with Gasteiger partial charge >= 0.3 is 0 Å². The number of halogens is 2. The lowest BCUT2D eigenvalue weighted by molar-refractivity contribution is 0.108. The van der Waals surface area contributed by atoms with E-state index >= 15 is 0 Å². The molecular formula is C14H21F2N. The zero-order chi connectivity index (χ0) is 12.3. The van der Waals surface area contributed by atoms with Gasteiger partial charge in [0.25, 0.3) is 6.08 Å². The van der Waals surface area contributed by atoms with Crippen molar-refractivity contribution in [1.29, 1.82) is 0 Å². The minimum Gasteiger partial charge on any atom is -0.293 e. The standard InChI is InChI=1S/C14H21F2N/c1-10(2)7-14-8-11(12(15)16)9-17(14)6-5-13(14)3-4-13/h10H,3-9H2,1-2H3/t14-/m1/s1. The summed E-state index contributed by atoms with van der Waals surface area (Å²) in [6.07, 6.45) is 4.06. The summed E-state index contributed by atoms with van der Waals surface area (Å²) in [6, 6.07) is 0. The Bertz CT molecular complexity index is 366. The predicted molar refractivity (Wildman–Crippen MR) is 63.9 cm³/mol. The van der Waals surface area contributed by atoms with Crippen molar-refractivity contribution >= 4 is 0 Å². The summed E-state index contributed by atoms with van der Waals surface area (Å²) >= 11 is 0. The highest BCUT2D eigenvalue weighted by molar-refractivity contribution is 5.29. The van der Waals surface area contributed by atoms with Crippen LogP contribution in [0.3, 0.4) is 0 Å². The number of nitrogens with zero attached hydrogens (tertiary/aromatic N) is 1. The van der Waals surface area contributed by atoms with E-state index in [2.05, 4.69) is 18.7 Å². The van der Waals surface area contributed by atoms with E-state index in [-0.39, 0.29) is 5.54 Å². The lowest BCUT2D eigenvalue weighted by atomic mass is 9.74. The van der Waals surface area contributed by atoms with Crippen LogP contribution < -0.4 is 0 Å². The second kappa shape index (κ2) is 3.53. The molecule has 0 bridgehead atoms. The molecule has 2 heterocycles. The lowest BCUT2D eigenvalue weighted by Crippen LogP contribution is -2.45. The quantitative estimate of drug-likeness (QED) is 0.710. The van der Waals surface area contributed by atoms with Crippen LogP contribution in [0.15, 0.2) is 11.7 Å². The topological polar surface area (TPSA) is 3.24 Å². The van der Waals surface area contributed by atoms with Gasteiger partial charge in [-0.1, -0.05) is 13.8 Å². The molecule has 0 amide bonds. The molecular weight excluding hydrogens is 220 g/mol. The third-order valence-corrected chi connectivity index (χ3v) is 5.21. The highest BCUT2D eigenvalue weighted by Crippen LogP contribution is 2.68. The van der Waals surface area contributed by atoms with Gasteiger partial charge in [0, 0.05) is 17.7 Å². The van der Waals surface area contributed by atoms with E-state index in [1.807, 2.05) is 0 Å². The Hall–Kier alpha value is -0.440. The maximum Gasteiger partial charge on any atom is 0.270 e. The molecule has 0 unspecified atom stereocenters. The van der Waals surface area contributed by atoms with E-state index in [4.69, 9.17) is 0 Å². The van der Waals surface area contributed by atoms with Crippen molar-refractivity contribution < 1.29 is 8.78 Å². The van der Waals surface area contributed by atoms with E-state index < -0.39 is 6.08 Å². The molecule has 3 heteroatoms. The fourth-order valence-corrected chi connectivity index (χ4v) is 4.39. The molecule has 0 aromatic carbocycles. The van der Waals surface area contributed by atoms with Gasteiger partial charge in [-0.05, 0) is 50.0 Å². The first kappa shape index (κ1) is 11.6. The number of rotatable bonds is 2. The molecule has 1 spiro atoms. The van der Waals surface area contributed by atoms with Gasteiger partial charge in [-0.3, -0.25) is 4.90 Å². The largest absolute Gasteiger partial charge is 0.293 e. The predicted octanol–water partition coefficient (Wildman–Crippen LogP) is 3.81. The van der Waals surface area contributed by atoms with E-state index in [1.165, 1.54) is 19.3 Å². The molecule has 1 aliphatic carbocycles. The molecule has 3 fully saturated rings. The van der Waals surface area contributed by atoms with Crippen molar-refractivity contribution in [3.8, 4) is 0 Å². The van der Waals surface area contributed by atoms with Gasteiger partial charge in [-0.15, -0.1) is 0 Å². The molecule has 1 saturated carbocycles. The van der Waals surface area contributed by atoms with Gasteiger partial charge in [-0.2, -0.15) is 8.78 Å². The number of hydrogen-bond donors (Lipinski definition) is 0. The summed E-state index contributed by atoms with van der Waals surface area (Å²) in [7, 11) is 0. The van der Waals surface area contributed by atoms with E-state index in [0.29, 0.717) is 29.9 Å². The SMILES string of the molecule is CC(C)C[C@]12CC(=C(F)F)CN1CCC21CC1. The Kier molecular flexibility index (Phi) is 2.42. The van der Waals surface area contributed by atoms with Crippen LogP contribution in [0, 0.1) is 11.3 Å². The maximum absolute atomic E-state index is 12.9. The van der Waals surface area contributed by atoms with Crippen LogP contribution in [-0.4, -0.2) is 23.5 Å². The van der Waals surface area contributed by atoms with Crippen LogP contribution in [0.2, 0.25) is 0 Å². The van der Waals surface area contributed by atoms with E-state index in [9.17, 15) is 8.78 Å². The van der Waals surface area contributed by atoms with Gasteiger partial charge in [-0.25, -0.2) is 0 Å². The third-order valence-electron chi connectivity index (χ3n) is 5.21. The Balaban J connectivity index is 1.96. The second-order valence-electron chi connectivity index (χ2n) is 6.62. The molecule has 0 N–H and O–H groups in total. The zero-order valence-electron chi connectivity index (χ0n) is 10.7. The average molecular weight is 241 g/mol. The minimum atomic E-state index is -1.42. The van der Waals surface area contributed by atoms with Gasteiger partial charge in [0.2, 0.25) is 0 Å². The van der Waals surface area contributed by atoms with Crippen LogP contribution in [0.4, 0.5) is 8.78 Å². The summed E-state index contributed by atoms with van der Waals surface area (Å²) in [5.74, 6) is 0.593. The maximum atomic E-state index is 12.9. The third kappa shape index (κ3) is 1.51. The van der Waals surface area contributed by atoms with Crippen molar-refractivity contribution in [3.63, 3.8) is 0 Å². The molecule has 17 heavy (non-hydrogen) atoms. The first-order valence-electron chi connectivity index (χ1n) is 6.77. The molecule has 3 aliphatic rings. The smallest absolute Gasteiger partial charge is 0.270 e. The normalized spacial score (nSPS) is 34.8. The molecule has 1 nitrogen and oxygen atoms in total. The van der Waals surface area contributed by atoms with Gasteiger partial charge < -0.3 is 0 Å². The molecule has 0 aromatic rings. The summed E-state index contributed by atoms with van der Waals surface area (Å²) in [4.78, 5) is 2.37. The fourth-order valence-electron chi connectivity index (χ4n) is 4.39. The second-order valence-corrected chi connectivity index (χ2v) is 6.62. The van der Waals surface area contributed by atoms with Crippen LogP contribution in [0.25, 0.3) is 0 Å². The van der Waals surface area contributed by atoms with Crippen molar-refractivity contribution in [2.45, 2.75) is 51.5 Å². The number of fused-ring (bicyclic) bond motifs is 2. The molecule has 0 radical (unpaired) electrons. The zero-order valence-corrected chi connectivity index (χ0v) is 10.7. The Morgan fingerprint density at radius 3 is 2.53 bits per heavy atom. The summed E-state index contributed by atoms with van der Waals surface area (Å²) in [5.41, 5.74) is 0.894. The molecule has 2 saturated heterocycles. The van der Waals surface area contributed by atoms with Crippen LogP contribution in [-0.2, 0) is 0 Å². The Morgan fingerprint density at radius 1 is 1.29 bits per heavy atom. The molecule has 3 rings (SSSR count). The number of hydrogen-bond acceptors (Lipinski definition) is 1.